The van der Waals surface area contributed by atoms with Crippen molar-refractivity contribution in [3.8, 4) is 0 Å². The highest BCUT2D eigenvalue weighted by molar-refractivity contribution is 7.89. The zero-order valence-corrected chi connectivity index (χ0v) is 15.2. The molecule has 6 nitrogen and oxygen atoms in total. The van der Waals surface area contributed by atoms with Crippen LogP contribution in [0.4, 0.5) is 0 Å². The zero-order valence-electron chi connectivity index (χ0n) is 13.6. The number of rotatable bonds is 5. The number of halogens is 1. The third kappa shape index (κ3) is 3.74. The van der Waals surface area contributed by atoms with Gasteiger partial charge in [-0.05, 0) is 56.5 Å². The number of nitrogens with one attached hydrogen (secondary N) is 2. The maximum atomic E-state index is 12.4. The van der Waals surface area contributed by atoms with Gasteiger partial charge in [0, 0.05) is 6.04 Å². The van der Waals surface area contributed by atoms with Gasteiger partial charge in [0.2, 0.25) is 10.0 Å². The topological polar surface area (TPSA) is 84.5 Å². The second-order valence-electron chi connectivity index (χ2n) is 6.24. The van der Waals surface area contributed by atoms with E-state index in [2.05, 4.69) is 10.0 Å². The Morgan fingerprint density at radius 1 is 1.21 bits per heavy atom. The lowest BCUT2D eigenvalue weighted by Crippen LogP contribution is -2.42. The van der Waals surface area contributed by atoms with Gasteiger partial charge < -0.3 is 10.1 Å². The summed E-state index contributed by atoms with van der Waals surface area (Å²) < 4.78 is 32.5. The number of esters is 1. The number of hydrogen-bond acceptors (Lipinski definition) is 5. The number of carbonyl (C=O) groups is 1. The molecule has 0 unspecified atom stereocenters. The SMILES string of the molecule is COC(=O)C1(c2ccc(S(=O)(=O)NC3CCNCC3)cc2)CC1.Cl. The van der Waals surface area contributed by atoms with Crippen molar-refractivity contribution in [2.45, 2.75) is 42.0 Å². The van der Waals surface area contributed by atoms with Crippen LogP contribution in [-0.2, 0) is 25.0 Å². The lowest BCUT2D eigenvalue weighted by atomic mass is 9.96. The third-order valence-corrected chi connectivity index (χ3v) is 6.24. The van der Waals surface area contributed by atoms with Crippen LogP contribution in [0.5, 0.6) is 0 Å². The van der Waals surface area contributed by atoms with Crippen LogP contribution >= 0.6 is 12.4 Å². The molecule has 1 aliphatic heterocycles. The van der Waals surface area contributed by atoms with Crippen molar-refractivity contribution in [1.82, 2.24) is 10.0 Å². The Morgan fingerprint density at radius 2 is 1.79 bits per heavy atom. The van der Waals surface area contributed by atoms with Gasteiger partial charge in [0.25, 0.3) is 0 Å². The Bertz CT molecular complexity index is 681. The number of benzene rings is 1. The van der Waals surface area contributed by atoms with Gasteiger partial charge in [0.15, 0.2) is 0 Å². The fourth-order valence-electron chi connectivity index (χ4n) is 3.11. The van der Waals surface area contributed by atoms with Crippen LogP contribution in [0.3, 0.4) is 0 Å². The van der Waals surface area contributed by atoms with E-state index in [9.17, 15) is 13.2 Å². The summed E-state index contributed by atoms with van der Waals surface area (Å²) in [7, 11) is -2.14. The Morgan fingerprint density at radius 3 is 2.29 bits per heavy atom. The van der Waals surface area contributed by atoms with E-state index in [1.54, 1.807) is 24.3 Å². The van der Waals surface area contributed by atoms with E-state index >= 15 is 0 Å². The number of ether oxygens (including phenoxy) is 1. The fraction of sp³-hybridized carbons (Fsp3) is 0.562. The smallest absolute Gasteiger partial charge is 0.316 e. The molecule has 1 saturated heterocycles. The van der Waals surface area contributed by atoms with Crippen LogP contribution < -0.4 is 10.0 Å². The molecule has 0 amide bonds. The van der Waals surface area contributed by atoms with Gasteiger partial charge in [-0.25, -0.2) is 13.1 Å². The Kier molecular flexibility index (Phi) is 5.91. The van der Waals surface area contributed by atoms with Crippen LogP contribution in [0.1, 0.15) is 31.2 Å². The first-order valence-electron chi connectivity index (χ1n) is 7.90. The molecule has 3 rings (SSSR count). The van der Waals surface area contributed by atoms with Crippen LogP contribution in [0, 0.1) is 0 Å². The van der Waals surface area contributed by atoms with E-state index in [0.29, 0.717) is 0 Å². The maximum absolute atomic E-state index is 12.4. The first-order valence-corrected chi connectivity index (χ1v) is 9.38. The van der Waals surface area contributed by atoms with Crippen LogP contribution in [-0.4, -0.2) is 40.6 Å². The molecule has 0 radical (unpaired) electrons. The molecule has 2 N–H and O–H groups in total. The second-order valence-corrected chi connectivity index (χ2v) is 7.96. The molecule has 0 bridgehead atoms. The Balaban J connectivity index is 0.00000208. The number of methoxy groups -OCH3 is 1. The zero-order chi connectivity index (χ0) is 16.5. The molecular formula is C16H23ClN2O4S. The molecule has 1 aromatic carbocycles. The number of piperidine rings is 1. The molecule has 2 aliphatic rings. The van der Waals surface area contributed by atoms with Gasteiger partial charge >= 0.3 is 5.97 Å². The maximum Gasteiger partial charge on any atom is 0.316 e. The van der Waals surface area contributed by atoms with Crippen molar-refractivity contribution < 1.29 is 17.9 Å². The van der Waals surface area contributed by atoms with Gasteiger partial charge in [-0.1, -0.05) is 12.1 Å². The van der Waals surface area contributed by atoms with Crippen molar-refractivity contribution in [1.29, 1.82) is 0 Å². The van der Waals surface area contributed by atoms with Gasteiger partial charge in [-0.3, -0.25) is 4.79 Å². The summed E-state index contributed by atoms with van der Waals surface area (Å²) in [6.45, 7) is 1.65. The Hall–Kier alpha value is -1.15. The summed E-state index contributed by atoms with van der Waals surface area (Å²) in [5, 5.41) is 3.21. The van der Waals surface area contributed by atoms with Crippen molar-refractivity contribution in [3.05, 3.63) is 29.8 Å². The minimum Gasteiger partial charge on any atom is -0.468 e. The van der Waals surface area contributed by atoms with Crippen molar-refractivity contribution in [2.24, 2.45) is 0 Å². The van der Waals surface area contributed by atoms with Crippen molar-refractivity contribution in [3.63, 3.8) is 0 Å². The molecule has 1 aromatic rings. The summed E-state index contributed by atoms with van der Waals surface area (Å²) in [6, 6.07) is 6.57. The average Bonchev–Trinajstić information content (AvgIpc) is 3.37. The largest absolute Gasteiger partial charge is 0.468 e. The van der Waals surface area contributed by atoms with Gasteiger partial charge in [0.1, 0.15) is 0 Å². The molecule has 0 aromatic heterocycles. The normalized spacial score (nSPS) is 20.0. The van der Waals surface area contributed by atoms with Crippen LogP contribution in [0.15, 0.2) is 29.2 Å². The molecule has 1 saturated carbocycles. The molecule has 0 atom stereocenters. The number of sulfonamides is 1. The van der Waals surface area contributed by atoms with Crippen molar-refractivity contribution in [2.75, 3.05) is 20.2 Å². The molecule has 1 heterocycles. The minimum atomic E-state index is -3.52. The van der Waals surface area contributed by atoms with Gasteiger partial charge in [-0.2, -0.15) is 0 Å². The minimum absolute atomic E-state index is 0. The van der Waals surface area contributed by atoms with Gasteiger partial charge in [0.05, 0.1) is 17.4 Å². The molecule has 24 heavy (non-hydrogen) atoms. The van der Waals surface area contributed by atoms with E-state index in [-0.39, 0.29) is 29.3 Å². The summed E-state index contributed by atoms with van der Waals surface area (Å²) in [4.78, 5) is 12.1. The van der Waals surface area contributed by atoms with E-state index in [1.165, 1.54) is 7.11 Å². The quantitative estimate of drug-likeness (QED) is 0.760. The summed E-state index contributed by atoms with van der Waals surface area (Å²) >= 11 is 0. The van der Waals surface area contributed by atoms with E-state index in [1.807, 2.05) is 0 Å². The predicted octanol–water partition coefficient (Wildman–Crippen LogP) is 1.34. The molecule has 0 spiro atoms. The van der Waals surface area contributed by atoms with Crippen LogP contribution in [0.25, 0.3) is 0 Å². The fourth-order valence-corrected chi connectivity index (χ4v) is 4.42. The summed E-state index contributed by atoms with van der Waals surface area (Å²) in [6.07, 6.45) is 3.09. The first-order chi connectivity index (χ1) is 11.0. The van der Waals surface area contributed by atoms with E-state index < -0.39 is 15.4 Å². The Labute approximate surface area is 148 Å². The molecular weight excluding hydrogens is 352 g/mol. The summed E-state index contributed by atoms with van der Waals surface area (Å²) in [5.74, 6) is -0.249. The van der Waals surface area contributed by atoms with Gasteiger partial charge in [-0.15, -0.1) is 12.4 Å². The van der Waals surface area contributed by atoms with Crippen LogP contribution in [0.2, 0.25) is 0 Å². The highest BCUT2D eigenvalue weighted by Gasteiger charge is 2.52. The standard InChI is InChI=1S/C16H22N2O4S.ClH/c1-22-15(19)16(8-9-16)12-2-4-14(5-3-12)23(20,21)18-13-6-10-17-11-7-13;/h2-5,13,17-18H,6-11H2,1H3;1H. The highest BCUT2D eigenvalue weighted by Crippen LogP contribution is 2.49. The number of carbonyl (C=O) groups excluding carboxylic acids is 1. The van der Waals surface area contributed by atoms with E-state index in [4.69, 9.17) is 4.74 Å². The monoisotopic (exact) mass is 374 g/mol. The molecule has 8 heteroatoms. The molecule has 134 valence electrons. The summed E-state index contributed by atoms with van der Waals surface area (Å²) in [5.41, 5.74) is 0.254. The number of hydrogen-bond donors (Lipinski definition) is 2. The predicted molar refractivity (Wildman–Crippen MR) is 92.8 cm³/mol. The molecule has 2 fully saturated rings. The van der Waals surface area contributed by atoms with Crippen molar-refractivity contribution >= 4 is 28.4 Å². The molecule has 1 aliphatic carbocycles. The lowest BCUT2D eigenvalue weighted by molar-refractivity contribution is -0.143. The lowest BCUT2D eigenvalue weighted by Gasteiger charge is -2.23. The second kappa shape index (κ2) is 7.39. The highest BCUT2D eigenvalue weighted by atomic mass is 35.5. The third-order valence-electron chi connectivity index (χ3n) is 4.70. The first kappa shape index (κ1) is 19.2. The average molecular weight is 375 g/mol. The van der Waals surface area contributed by atoms with E-state index in [0.717, 1.165) is 44.3 Å².